The molecule has 1 aliphatic carbocycles. The number of hydrogen-bond donors (Lipinski definition) is 3. The number of piperidine rings is 1. The third-order valence-corrected chi connectivity index (χ3v) is 5.88. The molecule has 4 rings (SSSR count). The van der Waals surface area contributed by atoms with Crippen LogP contribution < -0.4 is 20.9 Å². The lowest BCUT2D eigenvalue weighted by Gasteiger charge is -2.34. The third kappa shape index (κ3) is 5.32. The highest BCUT2D eigenvalue weighted by atomic mass is 16.2. The number of benzene rings is 2. The SMILES string of the molecule is Cc1ccc(NC(=O)NC2CCN(c3ccccc3C(=O)NCC3CC3)CC2)cc1. The van der Waals surface area contributed by atoms with Crippen molar-refractivity contribution in [2.45, 2.75) is 38.6 Å². The van der Waals surface area contributed by atoms with Gasteiger partial charge in [-0.05, 0) is 62.8 Å². The summed E-state index contributed by atoms with van der Waals surface area (Å²) in [5, 5.41) is 9.04. The number of carbonyl (C=O) groups excluding carboxylic acids is 2. The Hall–Kier alpha value is -3.02. The third-order valence-electron chi connectivity index (χ3n) is 5.88. The molecule has 2 aliphatic rings. The summed E-state index contributed by atoms with van der Waals surface area (Å²) in [4.78, 5) is 27.2. The zero-order chi connectivity index (χ0) is 20.9. The molecule has 1 heterocycles. The first-order chi connectivity index (χ1) is 14.6. The Morgan fingerprint density at radius 2 is 1.67 bits per heavy atom. The summed E-state index contributed by atoms with van der Waals surface area (Å²) in [5.74, 6) is 0.671. The van der Waals surface area contributed by atoms with E-state index in [4.69, 9.17) is 0 Å². The minimum absolute atomic E-state index is 0.00947. The molecule has 6 nitrogen and oxygen atoms in total. The number of nitrogens with zero attached hydrogens (tertiary/aromatic N) is 1. The van der Waals surface area contributed by atoms with Crippen LogP contribution in [-0.4, -0.2) is 37.6 Å². The molecule has 0 aromatic heterocycles. The zero-order valence-electron chi connectivity index (χ0n) is 17.5. The lowest BCUT2D eigenvalue weighted by Crippen LogP contribution is -2.46. The van der Waals surface area contributed by atoms with Gasteiger partial charge in [0.2, 0.25) is 0 Å². The van der Waals surface area contributed by atoms with Gasteiger partial charge in [-0.15, -0.1) is 0 Å². The summed E-state index contributed by atoms with van der Waals surface area (Å²) in [6.45, 7) is 4.41. The largest absolute Gasteiger partial charge is 0.371 e. The van der Waals surface area contributed by atoms with Gasteiger partial charge in [-0.2, -0.15) is 0 Å². The molecule has 1 aliphatic heterocycles. The maximum atomic E-state index is 12.6. The van der Waals surface area contributed by atoms with E-state index in [1.807, 2.05) is 55.5 Å². The van der Waals surface area contributed by atoms with E-state index in [0.717, 1.165) is 55.0 Å². The summed E-state index contributed by atoms with van der Waals surface area (Å²) >= 11 is 0. The van der Waals surface area contributed by atoms with Crippen LogP contribution in [0.1, 0.15) is 41.6 Å². The van der Waals surface area contributed by atoms with Gasteiger partial charge in [-0.1, -0.05) is 29.8 Å². The summed E-state index contributed by atoms with van der Waals surface area (Å²) in [6.07, 6.45) is 4.14. The Morgan fingerprint density at radius 3 is 2.37 bits per heavy atom. The van der Waals surface area contributed by atoms with Gasteiger partial charge >= 0.3 is 6.03 Å². The average molecular weight is 407 g/mol. The molecular weight excluding hydrogens is 376 g/mol. The Balaban J connectivity index is 1.29. The molecule has 1 saturated carbocycles. The first-order valence-corrected chi connectivity index (χ1v) is 10.8. The molecule has 158 valence electrons. The summed E-state index contributed by atoms with van der Waals surface area (Å²) < 4.78 is 0. The topological polar surface area (TPSA) is 73.5 Å². The van der Waals surface area contributed by atoms with Gasteiger partial charge in [0, 0.05) is 37.1 Å². The maximum absolute atomic E-state index is 12.6. The van der Waals surface area contributed by atoms with Crippen molar-refractivity contribution in [1.29, 1.82) is 0 Å². The van der Waals surface area contributed by atoms with E-state index >= 15 is 0 Å². The van der Waals surface area contributed by atoms with E-state index in [1.165, 1.54) is 12.8 Å². The highest BCUT2D eigenvalue weighted by molar-refractivity contribution is 5.99. The summed E-state index contributed by atoms with van der Waals surface area (Å²) in [6, 6.07) is 15.5. The lowest BCUT2D eigenvalue weighted by atomic mass is 10.0. The van der Waals surface area contributed by atoms with Crippen LogP contribution in [0.5, 0.6) is 0 Å². The van der Waals surface area contributed by atoms with Crippen molar-refractivity contribution in [3.8, 4) is 0 Å². The number of urea groups is 1. The van der Waals surface area contributed by atoms with Crippen molar-refractivity contribution in [3.05, 3.63) is 59.7 Å². The second-order valence-corrected chi connectivity index (χ2v) is 8.40. The molecule has 30 heavy (non-hydrogen) atoms. The van der Waals surface area contributed by atoms with Crippen molar-refractivity contribution in [3.63, 3.8) is 0 Å². The van der Waals surface area contributed by atoms with Crippen molar-refractivity contribution >= 4 is 23.3 Å². The van der Waals surface area contributed by atoms with Crippen LogP contribution in [0.25, 0.3) is 0 Å². The van der Waals surface area contributed by atoms with Gasteiger partial charge in [-0.25, -0.2) is 4.79 Å². The molecule has 2 aromatic rings. The number of carbonyl (C=O) groups is 2. The molecule has 1 saturated heterocycles. The van der Waals surface area contributed by atoms with Gasteiger partial charge in [0.25, 0.3) is 5.91 Å². The van der Waals surface area contributed by atoms with Gasteiger partial charge in [-0.3, -0.25) is 4.79 Å². The number of anilines is 2. The van der Waals surface area contributed by atoms with Crippen LogP contribution in [-0.2, 0) is 0 Å². The van der Waals surface area contributed by atoms with Crippen molar-refractivity contribution in [1.82, 2.24) is 10.6 Å². The summed E-state index contributed by atoms with van der Waals surface area (Å²) in [5.41, 5.74) is 3.67. The number of para-hydroxylation sites is 1. The highest BCUT2D eigenvalue weighted by Crippen LogP contribution is 2.28. The van der Waals surface area contributed by atoms with Crippen LogP contribution in [0.3, 0.4) is 0 Å². The number of rotatable bonds is 6. The smallest absolute Gasteiger partial charge is 0.319 e. The summed E-state index contributed by atoms with van der Waals surface area (Å²) in [7, 11) is 0. The van der Waals surface area contributed by atoms with Crippen molar-refractivity contribution in [2.24, 2.45) is 5.92 Å². The molecule has 6 heteroatoms. The van der Waals surface area contributed by atoms with Crippen molar-refractivity contribution < 1.29 is 9.59 Å². The number of aryl methyl sites for hydroxylation is 1. The monoisotopic (exact) mass is 406 g/mol. The molecule has 0 spiro atoms. The van der Waals surface area contributed by atoms with Crippen LogP contribution in [0.2, 0.25) is 0 Å². The van der Waals surface area contributed by atoms with E-state index in [9.17, 15) is 9.59 Å². The Kier molecular flexibility index (Phi) is 6.21. The molecule has 0 atom stereocenters. The Labute approximate surface area is 178 Å². The minimum atomic E-state index is -0.169. The fourth-order valence-electron chi connectivity index (χ4n) is 3.85. The maximum Gasteiger partial charge on any atom is 0.319 e. The quantitative estimate of drug-likeness (QED) is 0.681. The molecular formula is C24H30N4O2. The first-order valence-electron chi connectivity index (χ1n) is 10.8. The van der Waals surface area contributed by atoms with Gasteiger partial charge < -0.3 is 20.9 Å². The standard InChI is InChI=1S/C24H30N4O2/c1-17-6-10-19(11-7-17)26-24(30)27-20-12-14-28(15-13-20)22-5-3-2-4-21(22)23(29)25-16-18-8-9-18/h2-7,10-11,18,20H,8-9,12-16H2,1H3,(H,25,29)(H2,26,27,30). The van der Waals surface area contributed by atoms with Crippen molar-refractivity contribution in [2.75, 3.05) is 29.9 Å². The van der Waals surface area contributed by atoms with E-state index in [-0.39, 0.29) is 18.0 Å². The van der Waals surface area contributed by atoms with Gasteiger partial charge in [0.1, 0.15) is 0 Å². The fourth-order valence-corrected chi connectivity index (χ4v) is 3.85. The zero-order valence-corrected chi connectivity index (χ0v) is 17.5. The van der Waals surface area contributed by atoms with E-state index in [0.29, 0.717) is 5.92 Å². The van der Waals surface area contributed by atoms with E-state index in [2.05, 4.69) is 20.9 Å². The van der Waals surface area contributed by atoms with E-state index in [1.54, 1.807) is 0 Å². The normalized spacial score (nSPS) is 16.8. The van der Waals surface area contributed by atoms with Crippen LogP contribution in [0.4, 0.5) is 16.2 Å². The first kappa shape index (κ1) is 20.3. The lowest BCUT2D eigenvalue weighted by molar-refractivity contribution is 0.0952. The Morgan fingerprint density at radius 1 is 0.967 bits per heavy atom. The van der Waals surface area contributed by atoms with Gasteiger partial charge in [0.05, 0.1) is 5.56 Å². The van der Waals surface area contributed by atoms with E-state index < -0.39 is 0 Å². The predicted molar refractivity (Wildman–Crippen MR) is 120 cm³/mol. The molecule has 3 amide bonds. The molecule has 0 radical (unpaired) electrons. The second kappa shape index (κ2) is 9.20. The number of nitrogens with one attached hydrogen (secondary N) is 3. The van der Waals surface area contributed by atoms with Crippen LogP contribution >= 0.6 is 0 Å². The fraction of sp³-hybridized carbons (Fsp3) is 0.417. The predicted octanol–water partition coefficient (Wildman–Crippen LogP) is 3.93. The molecule has 0 bridgehead atoms. The molecule has 3 N–H and O–H groups in total. The average Bonchev–Trinajstić information content (AvgIpc) is 3.59. The second-order valence-electron chi connectivity index (χ2n) is 8.40. The molecule has 0 unspecified atom stereocenters. The van der Waals surface area contributed by atoms with Crippen LogP contribution in [0, 0.1) is 12.8 Å². The van der Waals surface area contributed by atoms with Gasteiger partial charge in [0.15, 0.2) is 0 Å². The molecule has 2 fully saturated rings. The Bertz CT molecular complexity index is 884. The molecule has 2 aromatic carbocycles. The number of amides is 3. The highest BCUT2D eigenvalue weighted by Gasteiger charge is 2.25. The minimum Gasteiger partial charge on any atom is -0.371 e. The number of hydrogen-bond acceptors (Lipinski definition) is 3. The van der Waals surface area contributed by atoms with Crippen LogP contribution in [0.15, 0.2) is 48.5 Å².